The van der Waals surface area contributed by atoms with Gasteiger partial charge in [0.1, 0.15) is 0 Å². The third-order valence-corrected chi connectivity index (χ3v) is 5.27. The van der Waals surface area contributed by atoms with E-state index >= 15 is 0 Å². The Bertz CT molecular complexity index is 774. The Morgan fingerprint density at radius 3 is 1.83 bits per heavy atom. The van der Waals surface area contributed by atoms with E-state index in [0.717, 1.165) is 36.1 Å². The highest BCUT2D eigenvalue weighted by Gasteiger charge is 2.11. The van der Waals surface area contributed by atoms with Crippen molar-refractivity contribution in [1.82, 2.24) is 0 Å². The van der Waals surface area contributed by atoms with Crippen molar-refractivity contribution in [2.75, 3.05) is 31.0 Å². The molecular formula is C23H28BrNO4. The van der Waals surface area contributed by atoms with Gasteiger partial charge in [0, 0.05) is 24.1 Å². The first kappa shape index (κ1) is 22.9. The Morgan fingerprint density at radius 2 is 1.31 bits per heavy atom. The molecule has 2 aromatic carbocycles. The van der Waals surface area contributed by atoms with E-state index in [1.54, 1.807) is 24.3 Å². The first-order valence-electron chi connectivity index (χ1n) is 9.75. The first-order valence-corrected chi connectivity index (χ1v) is 10.9. The maximum atomic E-state index is 11.7. The van der Waals surface area contributed by atoms with E-state index in [1.807, 2.05) is 24.3 Å². The summed E-state index contributed by atoms with van der Waals surface area (Å²) in [6, 6.07) is 15.0. The Morgan fingerprint density at radius 1 is 0.793 bits per heavy atom. The summed E-state index contributed by atoms with van der Waals surface area (Å²) >= 11 is 3.48. The molecule has 0 atom stereocenters. The van der Waals surface area contributed by atoms with E-state index in [2.05, 4.69) is 20.8 Å². The van der Waals surface area contributed by atoms with Gasteiger partial charge in [-0.25, -0.2) is 9.59 Å². The number of ether oxygens (including phenoxy) is 2. The van der Waals surface area contributed by atoms with Crippen molar-refractivity contribution in [2.24, 2.45) is 0 Å². The van der Waals surface area contributed by atoms with Gasteiger partial charge in [-0.05, 0) is 54.8 Å². The van der Waals surface area contributed by atoms with Crippen molar-refractivity contribution in [1.29, 1.82) is 0 Å². The van der Waals surface area contributed by atoms with Gasteiger partial charge in [0.25, 0.3) is 0 Å². The monoisotopic (exact) mass is 461 g/mol. The minimum Gasteiger partial charge on any atom is -0.465 e. The van der Waals surface area contributed by atoms with Gasteiger partial charge in [0.2, 0.25) is 0 Å². The van der Waals surface area contributed by atoms with E-state index in [9.17, 15) is 9.59 Å². The molecule has 0 saturated carbocycles. The average molecular weight is 462 g/mol. The number of nitrogens with zero attached hydrogens (tertiary/aromatic N) is 1. The fourth-order valence-corrected chi connectivity index (χ4v) is 3.46. The van der Waals surface area contributed by atoms with Crippen molar-refractivity contribution < 1.29 is 19.1 Å². The van der Waals surface area contributed by atoms with Crippen LogP contribution in [0.4, 0.5) is 5.69 Å². The van der Waals surface area contributed by atoms with Crippen LogP contribution in [-0.2, 0) is 16.0 Å². The molecule has 0 bridgehead atoms. The Balaban J connectivity index is 2.11. The number of unbranched alkanes of at least 4 members (excludes halogenated alkanes) is 3. The van der Waals surface area contributed by atoms with Crippen LogP contribution in [0.3, 0.4) is 0 Å². The number of esters is 2. The molecule has 0 aliphatic rings. The van der Waals surface area contributed by atoms with Crippen LogP contribution in [0.5, 0.6) is 0 Å². The maximum Gasteiger partial charge on any atom is 0.337 e. The lowest BCUT2D eigenvalue weighted by Gasteiger charge is -2.25. The largest absolute Gasteiger partial charge is 0.465 e. The lowest BCUT2D eigenvalue weighted by atomic mass is 10.1. The number of carbonyl (C=O) groups is 2. The summed E-state index contributed by atoms with van der Waals surface area (Å²) in [7, 11) is 2.76. The number of hydrogen-bond donors (Lipinski definition) is 0. The third kappa shape index (κ3) is 7.20. The quantitative estimate of drug-likeness (QED) is 0.260. The number of benzene rings is 2. The zero-order valence-electron chi connectivity index (χ0n) is 17.0. The molecule has 0 saturated heterocycles. The van der Waals surface area contributed by atoms with E-state index in [1.165, 1.54) is 33.5 Å². The van der Waals surface area contributed by atoms with Crippen LogP contribution in [0.25, 0.3) is 0 Å². The standard InChI is InChI=1S/C23H28BrNO4/c1-28-22(26)19-9-7-18(8-10-19)17-25(16-6-4-3-5-15-24)21-13-11-20(12-14-21)23(27)29-2/h7-14H,3-6,15-17H2,1-2H3. The van der Waals surface area contributed by atoms with Crippen LogP contribution in [-0.4, -0.2) is 38.0 Å². The fourth-order valence-electron chi connectivity index (χ4n) is 3.06. The summed E-state index contributed by atoms with van der Waals surface area (Å²) in [5.41, 5.74) is 3.24. The minimum absolute atomic E-state index is 0.335. The van der Waals surface area contributed by atoms with Gasteiger partial charge >= 0.3 is 11.9 Å². The van der Waals surface area contributed by atoms with Gasteiger partial charge in [-0.1, -0.05) is 40.9 Å². The van der Waals surface area contributed by atoms with Crippen LogP contribution in [0, 0.1) is 0 Å². The van der Waals surface area contributed by atoms with Crippen LogP contribution < -0.4 is 4.90 Å². The number of alkyl halides is 1. The second-order valence-corrected chi connectivity index (χ2v) is 7.54. The lowest BCUT2D eigenvalue weighted by Crippen LogP contribution is -2.24. The van der Waals surface area contributed by atoms with Crippen LogP contribution in [0.15, 0.2) is 48.5 Å². The normalized spacial score (nSPS) is 10.4. The van der Waals surface area contributed by atoms with Gasteiger partial charge in [-0.3, -0.25) is 0 Å². The Hall–Kier alpha value is -2.34. The van der Waals surface area contributed by atoms with Crippen molar-refractivity contribution >= 4 is 33.6 Å². The van der Waals surface area contributed by atoms with Crippen molar-refractivity contribution in [3.63, 3.8) is 0 Å². The van der Waals surface area contributed by atoms with Crippen molar-refractivity contribution in [2.45, 2.75) is 32.2 Å². The summed E-state index contributed by atoms with van der Waals surface area (Å²) in [5, 5.41) is 1.04. The molecule has 0 spiro atoms. The highest BCUT2D eigenvalue weighted by atomic mass is 79.9. The number of anilines is 1. The molecule has 0 heterocycles. The van der Waals surface area contributed by atoms with Crippen LogP contribution in [0.2, 0.25) is 0 Å². The van der Waals surface area contributed by atoms with Crippen molar-refractivity contribution in [3.8, 4) is 0 Å². The molecule has 0 radical (unpaired) electrons. The molecule has 0 aliphatic carbocycles. The molecular weight excluding hydrogens is 434 g/mol. The SMILES string of the molecule is COC(=O)c1ccc(CN(CCCCCCBr)c2ccc(C(=O)OC)cc2)cc1. The first-order chi connectivity index (χ1) is 14.1. The molecule has 29 heavy (non-hydrogen) atoms. The highest BCUT2D eigenvalue weighted by Crippen LogP contribution is 2.20. The van der Waals surface area contributed by atoms with Gasteiger partial charge < -0.3 is 14.4 Å². The summed E-state index contributed by atoms with van der Waals surface area (Å²) < 4.78 is 9.54. The zero-order valence-corrected chi connectivity index (χ0v) is 18.6. The Kier molecular flexibility index (Phi) is 9.71. The molecule has 0 amide bonds. The number of methoxy groups -OCH3 is 2. The number of halogens is 1. The van der Waals surface area contributed by atoms with Gasteiger partial charge in [-0.15, -0.1) is 0 Å². The smallest absolute Gasteiger partial charge is 0.337 e. The van der Waals surface area contributed by atoms with Crippen LogP contribution >= 0.6 is 15.9 Å². The maximum absolute atomic E-state index is 11.7. The summed E-state index contributed by atoms with van der Waals surface area (Å²) in [6.45, 7) is 1.63. The molecule has 2 rings (SSSR count). The molecule has 0 N–H and O–H groups in total. The molecule has 2 aromatic rings. The van der Waals surface area contributed by atoms with E-state index in [4.69, 9.17) is 9.47 Å². The average Bonchev–Trinajstić information content (AvgIpc) is 2.77. The van der Waals surface area contributed by atoms with Crippen molar-refractivity contribution in [3.05, 3.63) is 65.2 Å². The molecule has 0 unspecified atom stereocenters. The summed E-state index contributed by atoms with van der Waals surface area (Å²) in [6.07, 6.45) is 4.65. The third-order valence-electron chi connectivity index (χ3n) is 4.71. The topological polar surface area (TPSA) is 55.8 Å². The fraction of sp³-hybridized carbons (Fsp3) is 0.391. The van der Waals surface area contributed by atoms with Gasteiger partial charge in [-0.2, -0.15) is 0 Å². The summed E-state index contributed by atoms with van der Waals surface area (Å²) in [4.78, 5) is 25.6. The zero-order chi connectivity index (χ0) is 21.1. The molecule has 0 aliphatic heterocycles. The number of rotatable bonds is 11. The second-order valence-electron chi connectivity index (χ2n) is 6.75. The molecule has 156 valence electrons. The van der Waals surface area contributed by atoms with E-state index in [0.29, 0.717) is 11.1 Å². The van der Waals surface area contributed by atoms with E-state index in [-0.39, 0.29) is 11.9 Å². The van der Waals surface area contributed by atoms with Gasteiger partial charge in [0.05, 0.1) is 25.3 Å². The predicted octanol–water partition coefficient (Wildman–Crippen LogP) is 5.22. The number of carbonyl (C=O) groups excluding carboxylic acids is 2. The summed E-state index contributed by atoms with van der Waals surface area (Å²) in [5.74, 6) is -0.671. The highest BCUT2D eigenvalue weighted by molar-refractivity contribution is 9.09. The van der Waals surface area contributed by atoms with Crippen LogP contribution in [0.1, 0.15) is 52.0 Å². The molecule has 5 nitrogen and oxygen atoms in total. The lowest BCUT2D eigenvalue weighted by molar-refractivity contribution is 0.0592. The Labute approximate surface area is 181 Å². The molecule has 6 heteroatoms. The van der Waals surface area contributed by atoms with Gasteiger partial charge in [0.15, 0.2) is 0 Å². The number of hydrogen-bond acceptors (Lipinski definition) is 5. The predicted molar refractivity (Wildman–Crippen MR) is 119 cm³/mol. The minimum atomic E-state index is -0.337. The molecule has 0 aromatic heterocycles. The van der Waals surface area contributed by atoms with E-state index < -0.39 is 0 Å². The molecule has 0 fully saturated rings. The second kappa shape index (κ2) is 12.3.